The van der Waals surface area contributed by atoms with Gasteiger partial charge in [-0.1, -0.05) is 30.3 Å². The van der Waals surface area contributed by atoms with Gasteiger partial charge in [-0.2, -0.15) is 18.2 Å². The second kappa shape index (κ2) is 9.02. The van der Waals surface area contributed by atoms with Gasteiger partial charge in [-0.05, 0) is 56.5 Å². The molecule has 0 fully saturated rings. The fourth-order valence-corrected chi connectivity index (χ4v) is 3.24. The molecule has 0 amide bonds. The van der Waals surface area contributed by atoms with Gasteiger partial charge in [0.2, 0.25) is 5.82 Å². The number of halogens is 3. The number of rotatable bonds is 7. The molecule has 0 saturated heterocycles. The molecule has 1 heterocycles. The highest BCUT2D eigenvalue weighted by Crippen LogP contribution is 2.39. The lowest BCUT2D eigenvalue weighted by atomic mass is 9.97. The number of benzene rings is 2. The molecule has 3 rings (SSSR count). The Morgan fingerprint density at radius 3 is 2.47 bits per heavy atom. The SMILES string of the molecule is Cc1cc(CC(C)C(=O)O)ccc1-c1noc(-c2ccc(OC(C)C)c(C(F)(F)F)c2)n1. The molecule has 3 aromatic rings. The maximum absolute atomic E-state index is 13.5. The van der Waals surface area contributed by atoms with Crippen LogP contribution in [0.25, 0.3) is 22.8 Å². The highest BCUT2D eigenvalue weighted by Gasteiger charge is 2.35. The van der Waals surface area contributed by atoms with Crippen LogP contribution in [0.15, 0.2) is 40.9 Å². The number of aromatic nitrogens is 2. The van der Waals surface area contributed by atoms with E-state index in [-0.39, 0.29) is 23.0 Å². The van der Waals surface area contributed by atoms with Crippen molar-refractivity contribution in [3.63, 3.8) is 0 Å². The van der Waals surface area contributed by atoms with E-state index in [0.717, 1.165) is 17.2 Å². The van der Waals surface area contributed by atoms with Crippen LogP contribution in [0.3, 0.4) is 0 Å². The first-order chi connectivity index (χ1) is 15.0. The summed E-state index contributed by atoms with van der Waals surface area (Å²) in [5.41, 5.74) is 1.49. The Hall–Kier alpha value is -3.36. The van der Waals surface area contributed by atoms with Gasteiger partial charge in [-0.25, -0.2) is 0 Å². The van der Waals surface area contributed by atoms with Gasteiger partial charge in [0.05, 0.1) is 17.6 Å². The number of hydrogen-bond donors (Lipinski definition) is 1. The van der Waals surface area contributed by atoms with E-state index < -0.39 is 29.7 Å². The van der Waals surface area contributed by atoms with Crippen molar-refractivity contribution in [2.24, 2.45) is 5.92 Å². The van der Waals surface area contributed by atoms with Gasteiger partial charge in [-0.3, -0.25) is 4.79 Å². The number of nitrogens with zero attached hydrogens (tertiary/aromatic N) is 2. The van der Waals surface area contributed by atoms with Gasteiger partial charge in [-0.15, -0.1) is 0 Å². The van der Waals surface area contributed by atoms with Crippen LogP contribution in [0, 0.1) is 12.8 Å². The van der Waals surface area contributed by atoms with Gasteiger partial charge < -0.3 is 14.4 Å². The average Bonchev–Trinajstić information content (AvgIpc) is 3.16. The molecule has 170 valence electrons. The molecule has 1 aromatic heterocycles. The van der Waals surface area contributed by atoms with Crippen LogP contribution in [0.4, 0.5) is 13.2 Å². The summed E-state index contributed by atoms with van der Waals surface area (Å²) >= 11 is 0. The Morgan fingerprint density at radius 2 is 1.88 bits per heavy atom. The summed E-state index contributed by atoms with van der Waals surface area (Å²) in [6.07, 6.45) is -4.65. The van der Waals surface area contributed by atoms with Crippen molar-refractivity contribution in [3.8, 4) is 28.6 Å². The standard InChI is InChI=1S/C23H23F3N2O4/c1-12(2)31-19-8-6-16(11-18(19)23(24,25)26)21-27-20(28-32-21)17-7-5-15(9-13(17)3)10-14(4)22(29)30/h5-9,11-12,14H,10H2,1-4H3,(H,29,30). The number of ether oxygens (including phenoxy) is 1. The predicted molar refractivity (Wildman–Crippen MR) is 111 cm³/mol. The molecule has 0 aliphatic heterocycles. The van der Waals surface area contributed by atoms with Crippen molar-refractivity contribution in [2.75, 3.05) is 0 Å². The number of carbonyl (C=O) groups is 1. The highest BCUT2D eigenvalue weighted by atomic mass is 19.4. The molecule has 0 radical (unpaired) electrons. The molecular formula is C23H23F3N2O4. The van der Waals surface area contributed by atoms with Crippen LogP contribution in [-0.2, 0) is 17.4 Å². The van der Waals surface area contributed by atoms with Crippen molar-refractivity contribution in [1.82, 2.24) is 10.1 Å². The number of carboxylic acid groups (broad SMARTS) is 1. The Kier molecular flexibility index (Phi) is 6.57. The Morgan fingerprint density at radius 1 is 1.16 bits per heavy atom. The minimum atomic E-state index is -4.61. The maximum atomic E-state index is 13.5. The molecule has 6 nitrogen and oxygen atoms in total. The molecule has 9 heteroatoms. The second-order valence-electron chi connectivity index (χ2n) is 7.89. The molecule has 1 N–H and O–H groups in total. The molecule has 0 aliphatic carbocycles. The zero-order valence-corrected chi connectivity index (χ0v) is 18.0. The molecular weight excluding hydrogens is 425 g/mol. The summed E-state index contributed by atoms with van der Waals surface area (Å²) in [6.45, 7) is 6.74. The molecule has 0 bridgehead atoms. The third kappa shape index (κ3) is 5.27. The molecule has 0 aliphatic rings. The van der Waals surface area contributed by atoms with E-state index in [4.69, 9.17) is 14.4 Å². The third-order valence-electron chi connectivity index (χ3n) is 4.82. The van der Waals surface area contributed by atoms with Gasteiger partial charge in [0.15, 0.2) is 0 Å². The summed E-state index contributed by atoms with van der Waals surface area (Å²) < 4.78 is 51.0. The Labute approximate surface area is 183 Å². The van der Waals surface area contributed by atoms with E-state index in [1.165, 1.54) is 12.1 Å². The van der Waals surface area contributed by atoms with E-state index in [9.17, 15) is 18.0 Å². The fraction of sp³-hybridized carbons (Fsp3) is 0.348. The number of aliphatic carboxylic acids is 1. The van der Waals surface area contributed by atoms with Crippen molar-refractivity contribution in [3.05, 3.63) is 53.1 Å². The summed E-state index contributed by atoms with van der Waals surface area (Å²) in [5.74, 6) is -1.49. The van der Waals surface area contributed by atoms with Crippen molar-refractivity contribution in [1.29, 1.82) is 0 Å². The largest absolute Gasteiger partial charge is 0.490 e. The minimum Gasteiger partial charge on any atom is -0.490 e. The normalized spacial score (nSPS) is 12.8. The van der Waals surface area contributed by atoms with E-state index in [2.05, 4.69) is 10.1 Å². The average molecular weight is 448 g/mol. The minimum absolute atomic E-state index is 0.0513. The lowest BCUT2D eigenvalue weighted by molar-refractivity contribution is -0.141. The summed E-state index contributed by atoms with van der Waals surface area (Å²) in [6, 6.07) is 8.97. The lowest BCUT2D eigenvalue weighted by Crippen LogP contribution is -2.13. The number of alkyl halides is 3. The first-order valence-corrected chi connectivity index (χ1v) is 10.0. The molecule has 1 unspecified atom stereocenters. The third-order valence-corrected chi connectivity index (χ3v) is 4.82. The fourth-order valence-electron chi connectivity index (χ4n) is 3.24. The number of carboxylic acids is 1. The lowest BCUT2D eigenvalue weighted by Gasteiger charge is -2.16. The van der Waals surface area contributed by atoms with Gasteiger partial charge >= 0.3 is 12.1 Å². The smallest absolute Gasteiger partial charge is 0.419 e. The summed E-state index contributed by atoms with van der Waals surface area (Å²) in [7, 11) is 0. The first kappa shape index (κ1) is 23.3. The summed E-state index contributed by atoms with van der Waals surface area (Å²) in [4.78, 5) is 15.3. The topological polar surface area (TPSA) is 85.5 Å². The highest BCUT2D eigenvalue weighted by molar-refractivity contribution is 5.70. The van der Waals surface area contributed by atoms with Crippen LogP contribution in [0.2, 0.25) is 0 Å². The molecule has 32 heavy (non-hydrogen) atoms. The van der Waals surface area contributed by atoms with Crippen molar-refractivity contribution < 1.29 is 32.3 Å². The van der Waals surface area contributed by atoms with E-state index in [1.54, 1.807) is 32.9 Å². The van der Waals surface area contributed by atoms with Crippen LogP contribution in [0.5, 0.6) is 5.75 Å². The van der Waals surface area contributed by atoms with Gasteiger partial charge in [0.25, 0.3) is 5.89 Å². The molecule has 2 aromatic carbocycles. The Balaban J connectivity index is 1.91. The summed E-state index contributed by atoms with van der Waals surface area (Å²) in [5, 5.41) is 13.0. The predicted octanol–water partition coefficient (Wildman–Crippen LogP) is 5.78. The van der Waals surface area contributed by atoms with E-state index >= 15 is 0 Å². The number of hydrogen-bond acceptors (Lipinski definition) is 5. The maximum Gasteiger partial charge on any atom is 0.419 e. The number of aryl methyl sites for hydroxylation is 1. The van der Waals surface area contributed by atoms with Crippen molar-refractivity contribution >= 4 is 5.97 Å². The monoisotopic (exact) mass is 448 g/mol. The van der Waals surface area contributed by atoms with Crippen LogP contribution in [-0.4, -0.2) is 27.3 Å². The van der Waals surface area contributed by atoms with Crippen LogP contribution < -0.4 is 4.74 Å². The molecule has 1 atom stereocenters. The van der Waals surface area contributed by atoms with Crippen molar-refractivity contribution in [2.45, 2.75) is 46.4 Å². The van der Waals surface area contributed by atoms with E-state index in [1.807, 2.05) is 13.0 Å². The van der Waals surface area contributed by atoms with E-state index in [0.29, 0.717) is 12.0 Å². The first-order valence-electron chi connectivity index (χ1n) is 10.0. The van der Waals surface area contributed by atoms with Gasteiger partial charge in [0.1, 0.15) is 5.75 Å². The molecule has 0 spiro atoms. The quantitative estimate of drug-likeness (QED) is 0.493. The second-order valence-corrected chi connectivity index (χ2v) is 7.89. The zero-order chi connectivity index (χ0) is 23.6. The zero-order valence-electron chi connectivity index (χ0n) is 18.0. The molecule has 0 saturated carbocycles. The van der Waals surface area contributed by atoms with Crippen LogP contribution >= 0.6 is 0 Å². The Bertz CT molecular complexity index is 1120. The van der Waals surface area contributed by atoms with Gasteiger partial charge in [0, 0.05) is 11.1 Å². The van der Waals surface area contributed by atoms with Crippen LogP contribution in [0.1, 0.15) is 37.5 Å².